The third-order valence-electron chi connectivity index (χ3n) is 6.53. The van der Waals surface area contributed by atoms with Gasteiger partial charge in [-0.2, -0.15) is 4.31 Å². The summed E-state index contributed by atoms with van der Waals surface area (Å²) in [5.74, 6) is 0.939. The molecule has 36 heavy (non-hydrogen) atoms. The van der Waals surface area contributed by atoms with Crippen LogP contribution < -0.4 is 19.7 Å². The zero-order valence-corrected chi connectivity index (χ0v) is 21.6. The minimum Gasteiger partial charge on any atom is -0.494 e. The van der Waals surface area contributed by atoms with Gasteiger partial charge in [0, 0.05) is 19.6 Å². The first-order valence-electron chi connectivity index (χ1n) is 12.3. The van der Waals surface area contributed by atoms with Crippen molar-refractivity contribution in [2.45, 2.75) is 38.0 Å². The molecular formula is C26H33N3O6S. The van der Waals surface area contributed by atoms with E-state index >= 15 is 0 Å². The van der Waals surface area contributed by atoms with Crippen molar-refractivity contribution in [1.29, 1.82) is 0 Å². The molecule has 2 aromatic rings. The maximum Gasteiger partial charge on any atom is 0.265 e. The largest absolute Gasteiger partial charge is 0.494 e. The van der Waals surface area contributed by atoms with E-state index < -0.39 is 15.9 Å². The van der Waals surface area contributed by atoms with Crippen molar-refractivity contribution in [1.82, 2.24) is 9.62 Å². The number of sulfonamides is 1. The molecule has 1 saturated heterocycles. The molecule has 9 nitrogen and oxygen atoms in total. The van der Waals surface area contributed by atoms with Gasteiger partial charge in [-0.15, -0.1) is 0 Å². The molecule has 4 rings (SSSR count). The Labute approximate surface area is 212 Å². The van der Waals surface area contributed by atoms with Gasteiger partial charge < -0.3 is 14.8 Å². The standard InChI is InChI=1S/C26H33N3O6S/c1-3-34-21-6-4-20(5-7-21)10-13-27-25(30)17-29-23-16-22(8-9-24(23)35-18-26(29)31)36(32,33)28-14-11-19(2)12-15-28/h4-9,16,19H,3,10-15,17-18H2,1-2H3,(H,27,30). The number of anilines is 1. The van der Waals surface area contributed by atoms with E-state index in [1.807, 2.05) is 31.2 Å². The smallest absolute Gasteiger partial charge is 0.265 e. The molecule has 194 valence electrons. The third kappa shape index (κ3) is 5.99. The number of hydrogen-bond acceptors (Lipinski definition) is 6. The van der Waals surface area contributed by atoms with Gasteiger partial charge in [0.05, 0.1) is 17.2 Å². The third-order valence-corrected chi connectivity index (χ3v) is 8.42. The molecule has 2 amide bonds. The molecule has 0 aliphatic carbocycles. The van der Waals surface area contributed by atoms with Crippen LogP contribution in [-0.4, -0.2) is 63.9 Å². The highest BCUT2D eigenvalue weighted by Crippen LogP contribution is 2.35. The minimum atomic E-state index is -3.71. The maximum absolute atomic E-state index is 13.2. The fourth-order valence-corrected chi connectivity index (χ4v) is 5.85. The number of nitrogens with one attached hydrogen (secondary N) is 1. The van der Waals surface area contributed by atoms with E-state index in [0.29, 0.717) is 50.0 Å². The number of benzene rings is 2. The summed E-state index contributed by atoms with van der Waals surface area (Å²) in [6.45, 7) is 5.56. The summed E-state index contributed by atoms with van der Waals surface area (Å²) in [7, 11) is -3.71. The first-order chi connectivity index (χ1) is 17.3. The van der Waals surface area contributed by atoms with Crippen molar-refractivity contribution in [3.8, 4) is 11.5 Å². The molecule has 1 N–H and O–H groups in total. The number of ether oxygens (including phenoxy) is 2. The second-order valence-electron chi connectivity index (χ2n) is 9.16. The van der Waals surface area contributed by atoms with Crippen LogP contribution >= 0.6 is 0 Å². The highest BCUT2D eigenvalue weighted by atomic mass is 32.2. The van der Waals surface area contributed by atoms with E-state index in [0.717, 1.165) is 24.2 Å². The lowest BCUT2D eigenvalue weighted by Gasteiger charge is -2.31. The molecule has 0 unspecified atom stereocenters. The normalized spacial score (nSPS) is 16.8. The lowest BCUT2D eigenvalue weighted by molar-refractivity contribution is -0.125. The average Bonchev–Trinajstić information content (AvgIpc) is 2.87. The van der Waals surface area contributed by atoms with E-state index in [-0.39, 0.29) is 24.0 Å². The number of carbonyl (C=O) groups is 2. The number of rotatable bonds is 9. The van der Waals surface area contributed by atoms with Crippen LogP contribution in [0.5, 0.6) is 11.5 Å². The van der Waals surface area contributed by atoms with Crippen LogP contribution in [0.4, 0.5) is 5.69 Å². The fourth-order valence-electron chi connectivity index (χ4n) is 4.35. The van der Waals surface area contributed by atoms with E-state index in [1.54, 1.807) is 6.07 Å². The average molecular weight is 516 g/mol. The van der Waals surface area contributed by atoms with Crippen molar-refractivity contribution in [2.24, 2.45) is 5.92 Å². The van der Waals surface area contributed by atoms with E-state index in [2.05, 4.69) is 12.2 Å². The maximum atomic E-state index is 13.2. The van der Waals surface area contributed by atoms with Gasteiger partial charge >= 0.3 is 0 Å². The monoisotopic (exact) mass is 515 g/mol. The predicted molar refractivity (Wildman–Crippen MR) is 136 cm³/mol. The quantitative estimate of drug-likeness (QED) is 0.551. The molecule has 0 aromatic heterocycles. The predicted octanol–water partition coefficient (Wildman–Crippen LogP) is 2.59. The summed E-state index contributed by atoms with van der Waals surface area (Å²) in [4.78, 5) is 26.7. The first-order valence-corrected chi connectivity index (χ1v) is 13.8. The molecule has 10 heteroatoms. The summed E-state index contributed by atoms with van der Waals surface area (Å²) in [6.07, 6.45) is 2.26. The molecule has 0 radical (unpaired) electrons. The molecule has 2 heterocycles. The van der Waals surface area contributed by atoms with Gasteiger partial charge in [-0.25, -0.2) is 8.42 Å². The Kier molecular flexibility index (Phi) is 8.15. The highest BCUT2D eigenvalue weighted by Gasteiger charge is 2.32. The summed E-state index contributed by atoms with van der Waals surface area (Å²) in [6, 6.07) is 12.2. The van der Waals surface area contributed by atoms with Crippen LogP contribution in [-0.2, 0) is 26.0 Å². The molecule has 0 saturated carbocycles. The van der Waals surface area contributed by atoms with Crippen molar-refractivity contribution in [2.75, 3.05) is 44.3 Å². The number of piperidine rings is 1. The van der Waals surface area contributed by atoms with Crippen molar-refractivity contribution in [3.63, 3.8) is 0 Å². The Morgan fingerprint density at radius 3 is 2.56 bits per heavy atom. The number of amides is 2. The Balaban J connectivity index is 1.41. The SMILES string of the molecule is CCOc1ccc(CCNC(=O)CN2C(=O)COc3ccc(S(=O)(=O)N4CCC(C)CC4)cc32)cc1. The lowest BCUT2D eigenvalue weighted by atomic mass is 10.0. The number of fused-ring (bicyclic) bond motifs is 1. The van der Waals surface area contributed by atoms with Gasteiger partial charge in [0.25, 0.3) is 5.91 Å². The van der Waals surface area contributed by atoms with Crippen LogP contribution in [0.25, 0.3) is 0 Å². The molecule has 0 atom stereocenters. The summed E-state index contributed by atoms with van der Waals surface area (Å²) >= 11 is 0. The minimum absolute atomic E-state index is 0.0926. The van der Waals surface area contributed by atoms with Crippen LogP contribution in [0.15, 0.2) is 47.4 Å². The van der Waals surface area contributed by atoms with Crippen LogP contribution in [0.3, 0.4) is 0 Å². The van der Waals surface area contributed by atoms with Gasteiger partial charge in [0.2, 0.25) is 15.9 Å². The Morgan fingerprint density at radius 1 is 1.14 bits per heavy atom. The van der Waals surface area contributed by atoms with Gasteiger partial charge in [0.15, 0.2) is 6.61 Å². The molecule has 0 bridgehead atoms. The second-order valence-corrected chi connectivity index (χ2v) is 11.1. The van der Waals surface area contributed by atoms with Gasteiger partial charge in [-0.3, -0.25) is 14.5 Å². The molecule has 2 aliphatic heterocycles. The summed E-state index contributed by atoms with van der Waals surface area (Å²) in [5.41, 5.74) is 1.34. The van der Waals surface area contributed by atoms with E-state index in [9.17, 15) is 18.0 Å². The van der Waals surface area contributed by atoms with Gasteiger partial charge in [-0.05, 0) is 68.0 Å². The Bertz CT molecular complexity index is 1190. The first kappa shape index (κ1) is 26.0. The van der Waals surface area contributed by atoms with Crippen LogP contribution in [0.1, 0.15) is 32.3 Å². The number of carbonyl (C=O) groups excluding carboxylic acids is 2. The van der Waals surface area contributed by atoms with Gasteiger partial charge in [0.1, 0.15) is 18.0 Å². The topological polar surface area (TPSA) is 105 Å². The van der Waals surface area contributed by atoms with E-state index in [1.165, 1.54) is 21.3 Å². The Hall–Kier alpha value is -3.11. The lowest BCUT2D eigenvalue weighted by Crippen LogP contribution is -2.45. The van der Waals surface area contributed by atoms with Crippen molar-refractivity contribution >= 4 is 27.5 Å². The second kappa shape index (κ2) is 11.3. The fraction of sp³-hybridized carbons (Fsp3) is 0.462. The summed E-state index contributed by atoms with van der Waals surface area (Å²) < 4.78 is 38.9. The molecule has 1 fully saturated rings. The zero-order chi connectivity index (χ0) is 25.7. The van der Waals surface area contributed by atoms with Gasteiger partial charge in [-0.1, -0.05) is 19.1 Å². The number of nitrogens with zero attached hydrogens (tertiary/aromatic N) is 2. The number of hydrogen-bond donors (Lipinski definition) is 1. The molecule has 2 aliphatic rings. The Morgan fingerprint density at radius 2 is 1.86 bits per heavy atom. The van der Waals surface area contributed by atoms with Crippen molar-refractivity contribution < 1.29 is 27.5 Å². The highest BCUT2D eigenvalue weighted by molar-refractivity contribution is 7.89. The molecule has 2 aromatic carbocycles. The van der Waals surface area contributed by atoms with Crippen molar-refractivity contribution in [3.05, 3.63) is 48.0 Å². The zero-order valence-electron chi connectivity index (χ0n) is 20.7. The molecular weight excluding hydrogens is 482 g/mol. The summed E-state index contributed by atoms with van der Waals surface area (Å²) in [5, 5.41) is 2.84. The van der Waals surface area contributed by atoms with Crippen LogP contribution in [0.2, 0.25) is 0 Å². The molecule has 0 spiro atoms. The van der Waals surface area contributed by atoms with Crippen LogP contribution in [0, 0.1) is 5.92 Å². The van der Waals surface area contributed by atoms with E-state index in [4.69, 9.17) is 9.47 Å².